The molecule has 0 bridgehead atoms. The number of hydrogen-bond acceptors (Lipinski definition) is 11. The molecule has 4 rings (SSSR count). The number of rotatable bonds is 12. The summed E-state index contributed by atoms with van der Waals surface area (Å²) in [6.07, 6.45) is 1.85. The van der Waals surface area contributed by atoms with Crippen LogP contribution in [0.3, 0.4) is 0 Å². The van der Waals surface area contributed by atoms with E-state index in [1.807, 2.05) is 31.2 Å². The van der Waals surface area contributed by atoms with Crippen LogP contribution in [0, 0.1) is 6.92 Å². The molecule has 0 aliphatic carbocycles. The zero-order chi connectivity index (χ0) is 32.9. The average molecular weight is 657 g/mol. The Kier molecular flexibility index (Phi) is 9.94. The maximum Gasteiger partial charge on any atom is 0.342 e. The highest BCUT2D eigenvalue weighted by Gasteiger charge is 2.28. The molecular weight excluding hydrogens is 624 g/mol. The summed E-state index contributed by atoms with van der Waals surface area (Å²) in [6.45, 7) is 2.11. The van der Waals surface area contributed by atoms with Gasteiger partial charge in [-0.05, 0) is 53.9 Å². The van der Waals surface area contributed by atoms with Crippen molar-refractivity contribution >= 4 is 26.2 Å². The second-order valence-electron chi connectivity index (χ2n) is 9.94. The summed E-state index contributed by atoms with van der Waals surface area (Å²) < 4.78 is 80.2. The Bertz CT molecular complexity index is 1920. The number of benzene rings is 4. The highest BCUT2D eigenvalue weighted by atomic mass is 32.2. The van der Waals surface area contributed by atoms with Gasteiger partial charge in [0.05, 0.1) is 33.8 Å². The van der Waals surface area contributed by atoms with Crippen molar-refractivity contribution in [2.24, 2.45) is 0 Å². The van der Waals surface area contributed by atoms with Crippen molar-refractivity contribution in [1.82, 2.24) is 0 Å². The molecule has 0 atom stereocenters. The van der Waals surface area contributed by atoms with Gasteiger partial charge in [0, 0.05) is 11.1 Å². The predicted molar refractivity (Wildman–Crippen MR) is 168 cm³/mol. The minimum atomic E-state index is -3.98. The first kappa shape index (κ1) is 33.1. The molecule has 4 aromatic rings. The number of hydrogen-bond donors (Lipinski definition) is 0. The Balaban J connectivity index is 1.88. The van der Waals surface area contributed by atoms with Gasteiger partial charge in [-0.25, -0.2) is 4.79 Å². The van der Waals surface area contributed by atoms with Crippen LogP contribution in [0.4, 0.5) is 0 Å². The Labute approximate surface area is 262 Å². The lowest BCUT2D eigenvalue weighted by Crippen LogP contribution is -2.10. The Morgan fingerprint density at radius 1 is 0.689 bits per heavy atom. The van der Waals surface area contributed by atoms with Gasteiger partial charge < -0.3 is 27.3 Å². The molecule has 13 heteroatoms. The first-order chi connectivity index (χ1) is 21.2. The highest BCUT2D eigenvalue weighted by molar-refractivity contribution is 7.86. The van der Waals surface area contributed by atoms with Crippen LogP contribution in [0.5, 0.6) is 28.7 Å². The van der Waals surface area contributed by atoms with E-state index in [-0.39, 0.29) is 46.5 Å². The molecule has 0 amide bonds. The van der Waals surface area contributed by atoms with E-state index in [2.05, 4.69) is 0 Å². The van der Waals surface area contributed by atoms with E-state index in [4.69, 9.17) is 27.3 Å². The monoisotopic (exact) mass is 656 g/mol. The lowest BCUT2D eigenvalue weighted by Gasteiger charge is -2.21. The molecule has 0 fully saturated rings. The molecule has 0 aliphatic rings. The molecule has 238 valence electrons. The number of ether oxygens (including phenoxy) is 4. The molecule has 0 saturated heterocycles. The third kappa shape index (κ3) is 8.25. The first-order valence-electron chi connectivity index (χ1n) is 13.3. The zero-order valence-electron chi connectivity index (χ0n) is 25.4. The number of esters is 1. The molecule has 0 unspecified atom stereocenters. The molecule has 0 aromatic heterocycles. The normalized spacial score (nSPS) is 11.4. The van der Waals surface area contributed by atoms with Crippen LogP contribution >= 0.6 is 0 Å². The van der Waals surface area contributed by atoms with Crippen molar-refractivity contribution in [3.63, 3.8) is 0 Å². The number of methoxy groups -OCH3 is 3. The zero-order valence-corrected chi connectivity index (χ0v) is 27.1. The van der Waals surface area contributed by atoms with Gasteiger partial charge in [0.1, 0.15) is 29.4 Å². The Morgan fingerprint density at radius 2 is 1.31 bits per heavy atom. The van der Waals surface area contributed by atoms with Crippen LogP contribution in [0.15, 0.2) is 72.8 Å². The van der Waals surface area contributed by atoms with E-state index in [0.29, 0.717) is 16.7 Å². The van der Waals surface area contributed by atoms with Gasteiger partial charge in [-0.1, -0.05) is 48.0 Å². The molecule has 0 saturated carbocycles. The van der Waals surface area contributed by atoms with Gasteiger partial charge in [-0.15, -0.1) is 0 Å². The lowest BCUT2D eigenvalue weighted by molar-refractivity contribution is 0.0597. The first-order valence-corrected chi connectivity index (χ1v) is 17.0. The molecule has 0 N–H and O–H groups in total. The summed E-state index contributed by atoms with van der Waals surface area (Å²) >= 11 is 0. The van der Waals surface area contributed by atoms with Crippen molar-refractivity contribution < 1.29 is 48.9 Å². The third-order valence-corrected chi connectivity index (χ3v) is 7.44. The number of carbonyl (C=O) groups excluding carboxylic acids is 1. The molecule has 45 heavy (non-hydrogen) atoms. The fourth-order valence-electron chi connectivity index (χ4n) is 4.53. The van der Waals surface area contributed by atoms with Crippen molar-refractivity contribution in [3.05, 3.63) is 89.5 Å². The fraction of sp³-hybridized carbons (Fsp3) is 0.219. The SMILES string of the molecule is COC(=O)c1c(OC)c(-c2ccc(OS(C)(=O)=O)cc2)cc(OC)c1-c1ccc(OCc2ccc(C)cc2)c(OS(C)(=O)=O)c1. The highest BCUT2D eigenvalue weighted by Crippen LogP contribution is 2.47. The largest absolute Gasteiger partial charge is 0.496 e. The summed E-state index contributed by atoms with van der Waals surface area (Å²) in [5.41, 5.74) is 3.49. The Morgan fingerprint density at radius 3 is 1.87 bits per heavy atom. The second-order valence-corrected chi connectivity index (χ2v) is 13.1. The molecule has 11 nitrogen and oxygen atoms in total. The van der Waals surface area contributed by atoms with Gasteiger partial charge in [0.25, 0.3) is 0 Å². The molecule has 0 spiro atoms. The second kappa shape index (κ2) is 13.5. The van der Waals surface area contributed by atoms with E-state index >= 15 is 0 Å². The fourth-order valence-corrected chi connectivity index (χ4v) is 5.45. The van der Waals surface area contributed by atoms with Crippen LogP contribution < -0.4 is 22.6 Å². The van der Waals surface area contributed by atoms with Crippen molar-refractivity contribution in [2.45, 2.75) is 13.5 Å². The third-order valence-electron chi connectivity index (χ3n) is 6.46. The minimum absolute atomic E-state index is 0.00978. The summed E-state index contributed by atoms with van der Waals surface area (Å²) in [5, 5.41) is 0. The minimum Gasteiger partial charge on any atom is -0.496 e. The average Bonchev–Trinajstić information content (AvgIpc) is 2.98. The van der Waals surface area contributed by atoms with E-state index < -0.39 is 26.2 Å². The van der Waals surface area contributed by atoms with E-state index in [1.165, 1.54) is 45.6 Å². The molecule has 0 aliphatic heterocycles. The maximum atomic E-state index is 13.3. The molecular formula is C32H32O11S2. The van der Waals surface area contributed by atoms with Crippen molar-refractivity contribution in [3.8, 4) is 51.0 Å². The quantitative estimate of drug-likeness (QED) is 0.143. The van der Waals surface area contributed by atoms with Crippen LogP contribution in [0.25, 0.3) is 22.3 Å². The summed E-state index contributed by atoms with van der Waals surface area (Å²) in [5.74, 6) is -0.266. The van der Waals surface area contributed by atoms with Gasteiger partial charge in [0.15, 0.2) is 11.5 Å². The number of carbonyl (C=O) groups is 1. The number of aryl methyl sites for hydroxylation is 1. The lowest BCUT2D eigenvalue weighted by atomic mass is 9.92. The van der Waals surface area contributed by atoms with Crippen molar-refractivity contribution in [1.29, 1.82) is 0 Å². The van der Waals surface area contributed by atoms with Crippen molar-refractivity contribution in [2.75, 3.05) is 33.8 Å². The summed E-state index contributed by atoms with van der Waals surface area (Å²) in [6, 6.07) is 20.0. The van der Waals surface area contributed by atoms with Gasteiger partial charge >= 0.3 is 26.2 Å². The maximum absolute atomic E-state index is 13.3. The van der Waals surface area contributed by atoms with Gasteiger partial charge in [-0.3, -0.25) is 0 Å². The molecule has 0 radical (unpaired) electrons. The van der Waals surface area contributed by atoms with Gasteiger partial charge in [-0.2, -0.15) is 16.8 Å². The van der Waals surface area contributed by atoms with E-state index in [0.717, 1.165) is 23.6 Å². The predicted octanol–water partition coefficient (Wildman–Crippen LogP) is 5.39. The molecule has 0 heterocycles. The standard InChI is InChI=1S/C32H32O11S2/c1-20-7-9-21(10-8-20)19-41-26-16-13-23(17-27(26)43-45(6,36)37)29-28(38-2)18-25(31(39-3)30(29)32(33)40-4)22-11-14-24(15-12-22)42-44(5,34)35/h7-18H,19H2,1-6H3. The van der Waals surface area contributed by atoms with Crippen LogP contribution in [-0.4, -0.2) is 56.6 Å². The van der Waals surface area contributed by atoms with Gasteiger partial charge in [0.2, 0.25) is 0 Å². The molecule has 4 aromatic carbocycles. The topological polar surface area (TPSA) is 141 Å². The van der Waals surface area contributed by atoms with E-state index in [9.17, 15) is 21.6 Å². The van der Waals surface area contributed by atoms with Crippen LogP contribution in [0.1, 0.15) is 21.5 Å². The summed E-state index contributed by atoms with van der Waals surface area (Å²) in [4.78, 5) is 13.3. The van der Waals surface area contributed by atoms with Crippen LogP contribution in [0.2, 0.25) is 0 Å². The Hall–Kier alpha value is -4.75. The summed E-state index contributed by atoms with van der Waals surface area (Å²) in [7, 11) is -3.72. The smallest absolute Gasteiger partial charge is 0.342 e. The van der Waals surface area contributed by atoms with Crippen LogP contribution in [-0.2, 0) is 31.6 Å². The van der Waals surface area contributed by atoms with E-state index in [1.54, 1.807) is 24.3 Å².